The van der Waals surface area contributed by atoms with Gasteiger partial charge >= 0.3 is 5.97 Å². The van der Waals surface area contributed by atoms with Crippen molar-refractivity contribution in [1.29, 1.82) is 0 Å². The summed E-state index contributed by atoms with van der Waals surface area (Å²) in [5, 5.41) is 9.96. The predicted molar refractivity (Wildman–Crippen MR) is 145 cm³/mol. The van der Waals surface area contributed by atoms with E-state index in [2.05, 4.69) is 67.5 Å². The van der Waals surface area contributed by atoms with Crippen LogP contribution in [0, 0.1) is 11.3 Å². The largest absolute Gasteiger partial charge is 0.481 e. The summed E-state index contributed by atoms with van der Waals surface area (Å²) in [4.78, 5) is 26.1. The molecule has 1 atom stereocenters. The van der Waals surface area contributed by atoms with Crippen LogP contribution in [-0.2, 0) is 26.2 Å². The Labute approximate surface area is 222 Å². The Morgan fingerprint density at radius 1 is 1.14 bits per heavy atom. The number of amides is 1. The standard InChI is InChI=1S/C30H44ClNO4/c1-27(2,3)13-11-20-9-10-22(15-24(20)31)30(8)18-25(33)32(14-12-26(34)35)19-23(30)21-16-28(4,5)36-29(6,7)17-21/h9-10,15,19,21H,11-14,16-18H2,1-8H3,(H,34,35)/t30-/m0/s1. The molecule has 0 saturated carbocycles. The third-order valence-corrected chi connectivity index (χ3v) is 7.98. The van der Waals surface area contributed by atoms with Gasteiger partial charge in [-0.05, 0) is 87.5 Å². The molecule has 0 unspecified atom stereocenters. The molecule has 5 nitrogen and oxygen atoms in total. The molecule has 2 aliphatic rings. The Bertz CT molecular complexity index is 1020. The van der Waals surface area contributed by atoms with Crippen molar-refractivity contribution in [2.24, 2.45) is 11.3 Å². The third kappa shape index (κ3) is 6.92. The average Bonchev–Trinajstić information content (AvgIpc) is 2.69. The Kier molecular flexibility index (Phi) is 8.08. The van der Waals surface area contributed by atoms with Crippen LogP contribution in [0.15, 0.2) is 30.0 Å². The molecule has 0 radical (unpaired) electrons. The van der Waals surface area contributed by atoms with Crippen LogP contribution in [0.5, 0.6) is 0 Å². The Morgan fingerprint density at radius 2 is 1.75 bits per heavy atom. The van der Waals surface area contributed by atoms with Gasteiger partial charge in [0.2, 0.25) is 5.91 Å². The first kappa shape index (κ1) is 28.7. The number of carboxylic acid groups (broad SMARTS) is 1. The molecule has 1 aromatic carbocycles. The van der Waals surface area contributed by atoms with Crippen molar-refractivity contribution in [3.05, 3.63) is 46.1 Å². The molecule has 1 fully saturated rings. The molecule has 1 N–H and O–H groups in total. The molecular formula is C30H44ClNO4. The van der Waals surface area contributed by atoms with Crippen LogP contribution in [0.2, 0.25) is 5.02 Å². The summed E-state index contributed by atoms with van der Waals surface area (Å²) in [6.45, 7) is 17.5. The van der Waals surface area contributed by atoms with Crippen LogP contribution >= 0.6 is 11.6 Å². The van der Waals surface area contributed by atoms with Gasteiger partial charge in [0.25, 0.3) is 0 Å². The number of carboxylic acids is 1. The average molecular weight is 518 g/mol. The first-order valence-corrected chi connectivity index (χ1v) is 13.5. The van der Waals surface area contributed by atoms with E-state index >= 15 is 0 Å². The Morgan fingerprint density at radius 3 is 2.28 bits per heavy atom. The van der Waals surface area contributed by atoms with Gasteiger partial charge in [-0.2, -0.15) is 0 Å². The van der Waals surface area contributed by atoms with Gasteiger partial charge in [0.15, 0.2) is 0 Å². The lowest BCUT2D eigenvalue weighted by molar-refractivity contribution is -0.169. The molecule has 6 heteroatoms. The van der Waals surface area contributed by atoms with Gasteiger partial charge in [0, 0.05) is 29.6 Å². The predicted octanol–water partition coefficient (Wildman–Crippen LogP) is 7.15. The van der Waals surface area contributed by atoms with E-state index in [9.17, 15) is 14.7 Å². The van der Waals surface area contributed by atoms with Crippen molar-refractivity contribution in [2.75, 3.05) is 6.54 Å². The van der Waals surface area contributed by atoms with E-state index in [1.165, 1.54) is 0 Å². The van der Waals surface area contributed by atoms with Gasteiger partial charge in [0.05, 0.1) is 17.6 Å². The van der Waals surface area contributed by atoms with E-state index in [1.54, 1.807) is 4.90 Å². The molecule has 200 valence electrons. The zero-order chi connectivity index (χ0) is 27.1. The molecular weight excluding hydrogens is 474 g/mol. The maximum absolute atomic E-state index is 13.3. The molecule has 1 aromatic rings. The number of aryl methyl sites for hydroxylation is 1. The van der Waals surface area contributed by atoms with Gasteiger partial charge in [-0.15, -0.1) is 0 Å². The van der Waals surface area contributed by atoms with Gasteiger partial charge in [-0.1, -0.05) is 51.4 Å². The lowest BCUT2D eigenvalue weighted by Gasteiger charge is -2.50. The van der Waals surface area contributed by atoms with E-state index in [0.29, 0.717) is 0 Å². The monoisotopic (exact) mass is 517 g/mol. The molecule has 1 amide bonds. The van der Waals surface area contributed by atoms with Crippen molar-refractivity contribution in [1.82, 2.24) is 4.90 Å². The summed E-state index contributed by atoms with van der Waals surface area (Å²) in [5.74, 6) is -0.772. The summed E-state index contributed by atoms with van der Waals surface area (Å²) < 4.78 is 6.37. The molecule has 0 aliphatic carbocycles. The summed E-state index contributed by atoms with van der Waals surface area (Å²) in [6.07, 6.45) is 5.76. The Hall–Kier alpha value is -1.85. The highest BCUT2D eigenvalue weighted by molar-refractivity contribution is 6.31. The number of carbonyl (C=O) groups is 2. The third-order valence-electron chi connectivity index (χ3n) is 7.63. The second-order valence-corrected chi connectivity index (χ2v) is 13.8. The molecule has 3 rings (SSSR count). The summed E-state index contributed by atoms with van der Waals surface area (Å²) in [7, 11) is 0. The number of nitrogens with zero attached hydrogens (tertiary/aromatic N) is 1. The number of hydrogen-bond acceptors (Lipinski definition) is 3. The minimum absolute atomic E-state index is 0.0546. The molecule has 36 heavy (non-hydrogen) atoms. The van der Waals surface area contributed by atoms with Crippen molar-refractivity contribution < 1.29 is 19.4 Å². The first-order valence-electron chi connectivity index (χ1n) is 13.1. The second kappa shape index (κ2) is 10.1. The van der Waals surface area contributed by atoms with Crippen molar-refractivity contribution >= 4 is 23.5 Å². The van der Waals surface area contributed by atoms with Crippen LogP contribution in [0.25, 0.3) is 0 Å². The number of halogens is 1. The number of carbonyl (C=O) groups excluding carboxylic acids is 1. The highest BCUT2D eigenvalue weighted by Gasteiger charge is 2.48. The fourth-order valence-corrected chi connectivity index (χ4v) is 6.31. The molecule has 2 aliphatic heterocycles. The first-order chi connectivity index (χ1) is 16.4. The minimum Gasteiger partial charge on any atom is -0.481 e. The maximum atomic E-state index is 13.3. The number of hydrogen-bond donors (Lipinski definition) is 1. The van der Waals surface area contributed by atoms with Crippen LogP contribution in [0.1, 0.15) is 98.6 Å². The summed E-state index contributed by atoms with van der Waals surface area (Å²) in [5.41, 5.74) is 2.40. The number of rotatable bonds is 7. The molecule has 1 saturated heterocycles. The van der Waals surface area contributed by atoms with Crippen LogP contribution in [0.4, 0.5) is 0 Å². The minimum atomic E-state index is -0.906. The zero-order valence-corrected chi connectivity index (χ0v) is 24.1. The highest BCUT2D eigenvalue weighted by atomic mass is 35.5. The van der Waals surface area contributed by atoms with Gasteiger partial charge in [-0.25, -0.2) is 0 Å². The van der Waals surface area contributed by atoms with Gasteiger partial charge < -0.3 is 14.7 Å². The number of benzene rings is 1. The summed E-state index contributed by atoms with van der Waals surface area (Å²) in [6, 6.07) is 6.29. The number of allylic oxidation sites excluding steroid dienone is 1. The quantitative estimate of drug-likeness (QED) is 0.417. The van der Waals surface area contributed by atoms with E-state index in [-0.39, 0.29) is 47.8 Å². The van der Waals surface area contributed by atoms with Crippen LogP contribution in [0.3, 0.4) is 0 Å². The molecule has 0 aromatic heterocycles. The molecule has 0 spiro atoms. The molecule has 2 heterocycles. The SMILES string of the molecule is CC(C)(C)CCc1ccc([C@]2(C)CC(=O)N(CCC(=O)O)C=C2C2CC(C)(C)OC(C)(C)C2)cc1Cl. The summed E-state index contributed by atoms with van der Waals surface area (Å²) >= 11 is 6.81. The lowest BCUT2D eigenvalue weighted by Crippen LogP contribution is -2.50. The van der Waals surface area contributed by atoms with Crippen LogP contribution in [-0.4, -0.2) is 39.6 Å². The normalized spacial score (nSPS) is 24.5. The van der Waals surface area contributed by atoms with Crippen LogP contribution < -0.4 is 0 Å². The fourth-order valence-electron chi connectivity index (χ4n) is 6.03. The van der Waals surface area contributed by atoms with E-state index in [0.717, 1.165) is 47.4 Å². The van der Waals surface area contributed by atoms with Crippen molar-refractivity contribution in [3.63, 3.8) is 0 Å². The van der Waals surface area contributed by atoms with Crippen molar-refractivity contribution in [3.8, 4) is 0 Å². The van der Waals surface area contributed by atoms with Gasteiger partial charge in [-0.3, -0.25) is 9.59 Å². The zero-order valence-electron chi connectivity index (χ0n) is 23.3. The maximum Gasteiger partial charge on any atom is 0.305 e. The second-order valence-electron chi connectivity index (χ2n) is 13.4. The number of aliphatic carboxylic acids is 1. The number of ether oxygens (including phenoxy) is 1. The molecule has 0 bridgehead atoms. The van der Waals surface area contributed by atoms with Gasteiger partial charge in [0.1, 0.15) is 0 Å². The lowest BCUT2D eigenvalue weighted by atomic mass is 9.63. The van der Waals surface area contributed by atoms with E-state index in [1.807, 2.05) is 12.3 Å². The van der Waals surface area contributed by atoms with E-state index in [4.69, 9.17) is 16.3 Å². The van der Waals surface area contributed by atoms with Crippen molar-refractivity contribution in [2.45, 2.75) is 111 Å². The topological polar surface area (TPSA) is 66.8 Å². The smallest absolute Gasteiger partial charge is 0.305 e. The fraction of sp³-hybridized carbons (Fsp3) is 0.667. The highest BCUT2D eigenvalue weighted by Crippen LogP contribution is 2.50. The Balaban J connectivity index is 2.04. The van der Waals surface area contributed by atoms with E-state index < -0.39 is 11.4 Å².